The molecule has 2 unspecified atom stereocenters. The normalized spacial score (nSPS) is 24.8. The molecule has 2 rings (SSSR count). The molecule has 0 radical (unpaired) electrons. The number of halogens is 2. The zero-order valence-corrected chi connectivity index (χ0v) is 14.9. The van der Waals surface area contributed by atoms with Gasteiger partial charge in [-0.05, 0) is 30.7 Å². The zero-order valence-electron chi connectivity index (χ0n) is 10.9. The number of alkyl halides is 2. The standard InChI is InChI=1S/C13H11Br2NO4S/c1-8-7-10(11(14)12(15)13(8)17)16-20-21(18,19)9-5-3-2-4-6-9/h2-7,11-12H,1H3/b16-10-. The van der Waals surface area contributed by atoms with Crippen molar-refractivity contribution in [3.8, 4) is 0 Å². The average Bonchev–Trinajstić information content (AvgIpc) is 2.48. The fourth-order valence-electron chi connectivity index (χ4n) is 1.67. The Labute approximate surface area is 139 Å². The van der Waals surface area contributed by atoms with E-state index in [-0.39, 0.29) is 10.7 Å². The van der Waals surface area contributed by atoms with Crippen LogP contribution in [0.2, 0.25) is 0 Å². The third-order valence-electron chi connectivity index (χ3n) is 2.82. The molecule has 0 N–H and O–H groups in total. The van der Waals surface area contributed by atoms with E-state index >= 15 is 0 Å². The third-order valence-corrected chi connectivity index (χ3v) is 6.59. The number of allylic oxidation sites excluding steroid dienone is 2. The molecule has 5 nitrogen and oxygen atoms in total. The zero-order chi connectivity index (χ0) is 15.6. The van der Waals surface area contributed by atoms with E-state index in [1.807, 2.05) is 0 Å². The second-order valence-corrected chi connectivity index (χ2v) is 7.85. The number of nitrogens with zero attached hydrogens (tertiary/aromatic N) is 1. The van der Waals surface area contributed by atoms with E-state index in [1.54, 1.807) is 25.1 Å². The van der Waals surface area contributed by atoms with Crippen LogP contribution in [0.25, 0.3) is 0 Å². The maximum Gasteiger partial charge on any atom is 0.358 e. The smallest absolute Gasteiger partial charge is 0.293 e. The van der Waals surface area contributed by atoms with Gasteiger partial charge in [0.2, 0.25) is 0 Å². The summed E-state index contributed by atoms with van der Waals surface area (Å²) in [6.45, 7) is 1.64. The van der Waals surface area contributed by atoms with E-state index < -0.39 is 19.8 Å². The molecule has 2 atom stereocenters. The van der Waals surface area contributed by atoms with Gasteiger partial charge in [0.05, 0.1) is 15.4 Å². The Hall–Kier alpha value is -0.990. The van der Waals surface area contributed by atoms with Gasteiger partial charge in [-0.3, -0.25) is 9.08 Å². The summed E-state index contributed by atoms with van der Waals surface area (Å²) in [7, 11) is -3.97. The predicted octanol–water partition coefficient (Wildman–Crippen LogP) is 2.80. The summed E-state index contributed by atoms with van der Waals surface area (Å²) in [4.78, 5) is 10.8. The summed E-state index contributed by atoms with van der Waals surface area (Å²) in [6, 6.07) is 7.72. The molecule has 1 aromatic rings. The van der Waals surface area contributed by atoms with Crippen LogP contribution in [0.4, 0.5) is 0 Å². The molecule has 1 aromatic carbocycles. The summed E-state index contributed by atoms with van der Waals surface area (Å²) in [5.74, 6) is -0.0817. The highest BCUT2D eigenvalue weighted by Gasteiger charge is 2.33. The van der Waals surface area contributed by atoms with Crippen LogP contribution in [-0.2, 0) is 19.2 Å². The molecule has 21 heavy (non-hydrogen) atoms. The van der Waals surface area contributed by atoms with Gasteiger partial charge in [-0.1, -0.05) is 55.2 Å². The molecule has 112 valence electrons. The number of oxime groups is 1. The van der Waals surface area contributed by atoms with Gasteiger partial charge >= 0.3 is 10.1 Å². The van der Waals surface area contributed by atoms with E-state index in [0.717, 1.165) is 0 Å². The number of hydrogen-bond acceptors (Lipinski definition) is 5. The highest BCUT2D eigenvalue weighted by atomic mass is 79.9. The molecule has 8 heteroatoms. The Morgan fingerprint density at radius 1 is 1.14 bits per heavy atom. The van der Waals surface area contributed by atoms with Crippen LogP contribution >= 0.6 is 31.9 Å². The number of hydrogen-bond donors (Lipinski definition) is 0. The minimum Gasteiger partial charge on any atom is -0.293 e. The second kappa shape index (κ2) is 6.41. The quantitative estimate of drug-likeness (QED) is 0.539. The third kappa shape index (κ3) is 3.61. The lowest BCUT2D eigenvalue weighted by Gasteiger charge is -2.21. The van der Waals surface area contributed by atoms with Crippen LogP contribution in [0.5, 0.6) is 0 Å². The number of benzene rings is 1. The first kappa shape index (κ1) is 16.4. The summed E-state index contributed by atoms with van der Waals surface area (Å²) >= 11 is 6.54. The van der Waals surface area contributed by atoms with Crippen LogP contribution < -0.4 is 0 Å². The van der Waals surface area contributed by atoms with Crippen molar-refractivity contribution in [3.05, 3.63) is 42.0 Å². The van der Waals surface area contributed by atoms with Crippen molar-refractivity contribution in [1.82, 2.24) is 0 Å². The molecule has 0 saturated heterocycles. The van der Waals surface area contributed by atoms with E-state index in [0.29, 0.717) is 11.3 Å². The molecule has 0 bridgehead atoms. The number of ketones is 1. The first-order valence-electron chi connectivity index (χ1n) is 5.90. The average molecular weight is 437 g/mol. The minimum atomic E-state index is -3.97. The Morgan fingerprint density at radius 2 is 1.76 bits per heavy atom. The molecule has 0 spiro atoms. The first-order valence-corrected chi connectivity index (χ1v) is 9.14. The van der Waals surface area contributed by atoms with Crippen LogP contribution in [0, 0.1) is 0 Å². The number of Topliss-reactive ketones (excluding diaryl/α,β-unsaturated/α-hetero) is 1. The van der Waals surface area contributed by atoms with Crippen molar-refractivity contribution in [1.29, 1.82) is 0 Å². The lowest BCUT2D eigenvalue weighted by atomic mass is 9.98. The van der Waals surface area contributed by atoms with Gasteiger partial charge in [0.15, 0.2) is 5.78 Å². The summed E-state index contributed by atoms with van der Waals surface area (Å²) in [5.41, 5.74) is 0.806. The van der Waals surface area contributed by atoms with Crippen LogP contribution in [0.1, 0.15) is 6.92 Å². The molecule has 1 aliphatic carbocycles. The summed E-state index contributed by atoms with van der Waals surface area (Å²) in [5, 5.41) is 3.67. The van der Waals surface area contributed by atoms with Gasteiger partial charge in [0.25, 0.3) is 0 Å². The predicted molar refractivity (Wildman–Crippen MR) is 86.3 cm³/mol. The molecule has 0 aliphatic heterocycles. The Kier molecular flexibility index (Phi) is 5.00. The molecular weight excluding hydrogens is 426 g/mol. The maximum atomic E-state index is 12.0. The van der Waals surface area contributed by atoms with Crippen molar-refractivity contribution in [2.75, 3.05) is 0 Å². The second-order valence-electron chi connectivity index (χ2n) is 4.35. The van der Waals surface area contributed by atoms with Crippen molar-refractivity contribution >= 4 is 53.5 Å². The van der Waals surface area contributed by atoms with Crippen LogP contribution in [0.15, 0.2) is 52.0 Å². The molecule has 0 aromatic heterocycles. The first-order chi connectivity index (χ1) is 9.83. The Morgan fingerprint density at radius 3 is 2.38 bits per heavy atom. The van der Waals surface area contributed by atoms with Crippen molar-refractivity contribution in [2.24, 2.45) is 5.16 Å². The molecule has 1 aliphatic rings. The number of rotatable bonds is 3. The lowest BCUT2D eigenvalue weighted by Crippen LogP contribution is -2.35. The van der Waals surface area contributed by atoms with Gasteiger partial charge in [-0.15, -0.1) is 0 Å². The SMILES string of the molecule is CC1=C/C(=N/OS(=O)(=O)c2ccccc2)C(Br)C(Br)C1=O. The number of carbonyl (C=O) groups excluding carboxylic acids is 1. The van der Waals surface area contributed by atoms with Crippen LogP contribution in [0.3, 0.4) is 0 Å². The summed E-state index contributed by atoms with van der Waals surface area (Å²) < 4.78 is 28.6. The van der Waals surface area contributed by atoms with Crippen molar-refractivity contribution < 1.29 is 17.5 Å². The fraction of sp³-hybridized carbons (Fsp3) is 0.231. The van der Waals surface area contributed by atoms with Crippen molar-refractivity contribution in [2.45, 2.75) is 21.5 Å². The lowest BCUT2D eigenvalue weighted by molar-refractivity contribution is -0.114. The molecule has 0 heterocycles. The summed E-state index contributed by atoms with van der Waals surface area (Å²) in [6.07, 6.45) is 1.50. The van der Waals surface area contributed by atoms with E-state index in [1.165, 1.54) is 18.2 Å². The van der Waals surface area contributed by atoms with Gasteiger partial charge < -0.3 is 0 Å². The van der Waals surface area contributed by atoms with Gasteiger partial charge in [-0.2, -0.15) is 8.42 Å². The molecular formula is C13H11Br2NO4S. The van der Waals surface area contributed by atoms with Crippen LogP contribution in [-0.4, -0.2) is 29.6 Å². The van der Waals surface area contributed by atoms with E-state index in [2.05, 4.69) is 37.0 Å². The van der Waals surface area contributed by atoms with Gasteiger partial charge in [0.1, 0.15) is 4.90 Å². The van der Waals surface area contributed by atoms with E-state index in [9.17, 15) is 13.2 Å². The maximum absolute atomic E-state index is 12.0. The van der Waals surface area contributed by atoms with Crippen molar-refractivity contribution in [3.63, 3.8) is 0 Å². The van der Waals surface area contributed by atoms with Gasteiger partial charge in [0, 0.05) is 0 Å². The minimum absolute atomic E-state index is 0.0171. The van der Waals surface area contributed by atoms with E-state index in [4.69, 9.17) is 4.28 Å². The fourth-order valence-corrected chi connectivity index (χ4v) is 3.52. The molecule has 0 saturated carbocycles. The largest absolute Gasteiger partial charge is 0.358 e. The Balaban J connectivity index is 2.27. The Bertz CT molecular complexity index is 713. The monoisotopic (exact) mass is 435 g/mol. The number of carbonyl (C=O) groups is 1. The highest BCUT2D eigenvalue weighted by Crippen LogP contribution is 2.26. The topological polar surface area (TPSA) is 72.8 Å². The molecule has 0 amide bonds. The van der Waals surface area contributed by atoms with Gasteiger partial charge in [-0.25, -0.2) is 0 Å². The molecule has 0 fully saturated rings. The highest BCUT2D eigenvalue weighted by molar-refractivity contribution is 9.12.